The zero-order valence-corrected chi connectivity index (χ0v) is 22.8. The molecule has 0 fully saturated rings. The average Bonchev–Trinajstić information content (AvgIpc) is 3.43. The van der Waals surface area contributed by atoms with Gasteiger partial charge in [-0.15, -0.1) is 0 Å². The largest absolute Gasteiger partial charge is 0.486 e. The molecule has 3 aromatic carbocycles. The molecule has 0 saturated heterocycles. The smallest absolute Gasteiger partial charge is 0.271 e. The number of imide groups is 1. The van der Waals surface area contributed by atoms with Crippen molar-refractivity contribution in [2.24, 2.45) is 0 Å². The van der Waals surface area contributed by atoms with Gasteiger partial charge in [0.2, 0.25) is 0 Å². The minimum absolute atomic E-state index is 0.0641. The molecule has 4 aromatic rings. The summed E-state index contributed by atoms with van der Waals surface area (Å²) in [6, 6.07) is 24.1. The van der Waals surface area contributed by atoms with Crippen LogP contribution in [0, 0.1) is 11.3 Å². The van der Waals surface area contributed by atoms with Gasteiger partial charge in [0.05, 0.1) is 12.2 Å². The molecule has 202 valence electrons. The van der Waals surface area contributed by atoms with Crippen molar-refractivity contribution in [1.29, 1.82) is 5.26 Å². The summed E-state index contributed by atoms with van der Waals surface area (Å²) >= 11 is 6.33. The highest BCUT2D eigenvalue weighted by Crippen LogP contribution is 2.37. The van der Waals surface area contributed by atoms with Crippen LogP contribution in [0.15, 0.2) is 95.7 Å². The maximum Gasteiger partial charge on any atom is 0.271 e. The van der Waals surface area contributed by atoms with E-state index in [0.29, 0.717) is 52.1 Å². The Balaban J connectivity index is 1.49. The molecule has 0 spiro atoms. The highest BCUT2D eigenvalue weighted by Gasteiger charge is 2.36. The van der Waals surface area contributed by atoms with Crippen molar-refractivity contribution in [2.45, 2.75) is 13.5 Å². The molecule has 0 bridgehead atoms. The van der Waals surface area contributed by atoms with E-state index >= 15 is 0 Å². The van der Waals surface area contributed by atoms with Gasteiger partial charge in [-0.25, -0.2) is 4.68 Å². The minimum atomic E-state index is -0.654. The summed E-state index contributed by atoms with van der Waals surface area (Å²) in [5, 5.41) is 15.2. The van der Waals surface area contributed by atoms with Gasteiger partial charge >= 0.3 is 0 Å². The van der Waals surface area contributed by atoms with Gasteiger partial charge < -0.3 is 9.47 Å². The molecule has 0 saturated carbocycles. The van der Waals surface area contributed by atoms with Gasteiger partial charge in [0, 0.05) is 27.9 Å². The fraction of sp³-hybridized carbons (Fsp3) is 0.125. The Morgan fingerprint density at radius 2 is 1.71 bits per heavy atom. The summed E-state index contributed by atoms with van der Waals surface area (Å²) in [5.74, 6) is 0.0804. The van der Waals surface area contributed by atoms with Gasteiger partial charge in [-0.2, -0.15) is 10.4 Å². The van der Waals surface area contributed by atoms with E-state index in [0.717, 1.165) is 16.2 Å². The van der Waals surface area contributed by atoms with Gasteiger partial charge in [-0.1, -0.05) is 48.0 Å². The number of carbonyl (C=O) groups excluding carboxylic acids is 2. The lowest BCUT2D eigenvalue weighted by Crippen LogP contribution is -2.42. The van der Waals surface area contributed by atoms with Crippen LogP contribution in [0.1, 0.15) is 18.1 Å². The number of amides is 2. The van der Waals surface area contributed by atoms with E-state index in [1.165, 1.54) is 0 Å². The number of nitriles is 1. The second-order valence-corrected chi connectivity index (χ2v) is 9.94. The highest BCUT2D eigenvalue weighted by molar-refractivity contribution is 6.31. The molecule has 0 atom stereocenters. The molecule has 2 aliphatic rings. The molecule has 0 aliphatic carbocycles. The Morgan fingerprint density at radius 3 is 2.46 bits per heavy atom. The number of benzene rings is 3. The van der Waals surface area contributed by atoms with Crippen LogP contribution in [0.5, 0.6) is 11.5 Å². The SMILES string of the molecule is CC1=C(C#N)C(=O)N(Cc2ccccc2Cl)C(=O)/C1=C/c1cn(-c2ccccc2)nc1-c1ccc2c(c1)OCCO2. The summed E-state index contributed by atoms with van der Waals surface area (Å²) < 4.78 is 13.2. The van der Waals surface area contributed by atoms with Crippen molar-refractivity contribution in [2.75, 3.05) is 13.2 Å². The lowest BCUT2D eigenvalue weighted by atomic mass is 9.93. The van der Waals surface area contributed by atoms with E-state index in [1.807, 2.05) is 60.8 Å². The van der Waals surface area contributed by atoms with Crippen LogP contribution in [-0.2, 0) is 16.1 Å². The summed E-state index contributed by atoms with van der Waals surface area (Å²) in [6.45, 7) is 2.46. The van der Waals surface area contributed by atoms with Gasteiger partial charge in [-0.3, -0.25) is 14.5 Å². The number of aromatic nitrogens is 2. The summed E-state index contributed by atoms with van der Waals surface area (Å²) in [6.07, 6.45) is 3.50. The Kier molecular flexibility index (Phi) is 6.88. The average molecular weight is 563 g/mol. The molecule has 9 heteroatoms. The lowest BCUT2D eigenvalue weighted by molar-refractivity contribution is -0.141. The molecule has 0 N–H and O–H groups in total. The van der Waals surface area contributed by atoms with Crippen molar-refractivity contribution < 1.29 is 19.1 Å². The number of halogens is 1. The Bertz CT molecular complexity index is 1800. The molecule has 0 radical (unpaired) electrons. The molecular formula is C32H23ClN4O4. The number of ether oxygens (including phenoxy) is 2. The fourth-order valence-electron chi connectivity index (χ4n) is 4.85. The number of nitrogens with zero attached hydrogens (tertiary/aromatic N) is 4. The first kappa shape index (κ1) is 26.1. The molecular weight excluding hydrogens is 540 g/mol. The van der Waals surface area contributed by atoms with Crippen molar-refractivity contribution in [3.8, 4) is 34.5 Å². The first-order valence-corrected chi connectivity index (χ1v) is 13.3. The van der Waals surface area contributed by atoms with Gasteiger partial charge in [0.1, 0.15) is 30.6 Å². The predicted octanol–water partition coefficient (Wildman–Crippen LogP) is 5.76. The monoisotopic (exact) mass is 562 g/mol. The van der Waals surface area contributed by atoms with Crippen LogP contribution in [0.4, 0.5) is 0 Å². The normalized spacial score (nSPS) is 15.8. The minimum Gasteiger partial charge on any atom is -0.486 e. The molecule has 1 aromatic heterocycles. The van der Waals surface area contributed by atoms with Crippen LogP contribution >= 0.6 is 11.6 Å². The topological polar surface area (TPSA) is 97.5 Å². The van der Waals surface area contributed by atoms with Crippen molar-refractivity contribution in [1.82, 2.24) is 14.7 Å². The van der Waals surface area contributed by atoms with Crippen molar-refractivity contribution in [3.63, 3.8) is 0 Å². The van der Waals surface area contributed by atoms with Crippen LogP contribution in [0.3, 0.4) is 0 Å². The molecule has 6 rings (SSSR count). The zero-order valence-electron chi connectivity index (χ0n) is 22.0. The van der Waals surface area contributed by atoms with Crippen molar-refractivity contribution in [3.05, 3.63) is 112 Å². The lowest BCUT2D eigenvalue weighted by Gasteiger charge is -2.27. The second kappa shape index (κ2) is 10.8. The fourth-order valence-corrected chi connectivity index (χ4v) is 5.04. The standard InChI is InChI=1S/C32H23ClN4O4/c1-20-25(31(38)36(32(39)26(20)17-34)18-22-7-5-6-10-27(22)33)15-23-19-37(24-8-3-2-4-9-24)35-30(23)21-11-12-28-29(16-21)41-14-13-40-28/h2-12,15-16,19H,13-14,18H2,1H3/b25-15+. The van der Waals surface area contributed by atoms with E-state index < -0.39 is 11.8 Å². The van der Waals surface area contributed by atoms with E-state index in [1.54, 1.807) is 41.9 Å². The first-order chi connectivity index (χ1) is 19.9. The summed E-state index contributed by atoms with van der Waals surface area (Å²) in [4.78, 5) is 28.1. The first-order valence-electron chi connectivity index (χ1n) is 12.9. The number of rotatable bonds is 5. The summed E-state index contributed by atoms with van der Waals surface area (Å²) in [7, 11) is 0. The van der Waals surface area contributed by atoms with Crippen molar-refractivity contribution >= 4 is 29.5 Å². The number of carbonyl (C=O) groups is 2. The summed E-state index contributed by atoms with van der Waals surface area (Å²) in [5.41, 5.74) is 3.82. The maximum atomic E-state index is 13.8. The second-order valence-electron chi connectivity index (χ2n) is 9.53. The predicted molar refractivity (Wildman–Crippen MR) is 153 cm³/mol. The Hall–Kier alpha value is -5.13. The molecule has 0 unspecified atom stereocenters. The van der Waals surface area contributed by atoms with E-state index in [2.05, 4.69) is 0 Å². The van der Waals surface area contributed by atoms with Crippen LogP contribution in [0.2, 0.25) is 5.02 Å². The molecule has 41 heavy (non-hydrogen) atoms. The van der Waals surface area contributed by atoms with Crippen LogP contribution < -0.4 is 9.47 Å². The van der Waals surface area contributed by atoms with E-state index in [-0.39, 0.29) is 17.7 Å². The number of hydrogen-bond acceptors (Lipinski definition) is 6. The van der Waals surface area contributed by atoms with Gasteiger partial charge in [0.15, 0.2) is 11.5 Å². The third-order valence-corrected chi connectivity index (χ3v) is 7.36. The van der Waals surface area contributed by atoms with E-state index in [9.17, 15) is 14.9 Å². The third-order valence-electron chi connectivity index (χ3n) is 6.99. The number of hydrogen-bond donors (Lipinski definition) is 0. The third kappa shape index (κ3) is 4.88. The molecule has 2 amide bonds. The van der Waals surface area contributed by atoms with Crippen LogP contribution in [0.25, 0.3) is 23.0 Å². The van der Waals surface area contributed by atoms with Gasteiger partial charge in [-0.05, 0) is 60.5 Å². The Labute approximate surface area is 241 Å². The zero-order chi connectivity index (χ0) is 28.5. The number of para-hydroxylation sites is 1. The molecule has 8 nitrogen and oxygen atoms in total. The Morgan fingerprint density at radius 1 is 0.976 bits per heavy atom. The van der Waals surface area contributed by atoms with Crippen LogP contribution in [-0.4, -0.2) is 39.7 Å². The van der Waals surface area contributed by atoms with E-state index in [4.69, 9.17) is 26.2 Å². The molecule has 3 heterocycles. The molecule has 2 aliphatic heterocycles. The quantitative estimate of drug-likeness (QED) is 0.227. The number of fused-ring (bicyclic) bond motifs is 1. The highest BCUT2D eigenvalue weighted by atomic mass is 35.5. The van der Waals surface area contributed by atoms with Gasteiger partial charge in [0.25, 0.3) is 11.8 Å². The maximum absolute atomic E-state index is 13.8.